The zero-order valence-electron chi connectivity index (χ0n) is 12.8. The standard InChI is InChI=1S/C18H24O3/c1-14(19)21-18-9-5-3-7-16-12-10-15(11-13-16)6-2-4-8-17(18)20/h10-13,18H,2-9H2,1H3. The van der Waals surface area contributed by atoms with Crippen molar-refractivity contribution in [1.29, 1.82) is 0 Å². The van der Waals surface area contributed by atoms with Crippen LogP contribution >= 0.6 is 0 Å². The Morgan fingerprint density at radius 3 is 2.05 bits per heavy atom. The molecule has 3 rings (SSSR count). The fourth-order valence-electron chi connectivity index (χ4n) is 2.81. The largest absolute Gasteiger partial charge is 0.455 e. The van der Waals surface area contributed by atoms with Gasteiger partial charge in [-0.05, 0) is 56.1 Å². The molecule has 0 fully saturated rings. The van der Waals surface area contributed by atoms with Crippen LogP contribution in [0.5, 0.6) is 0 Å². The third kappa shape index (κ3) is 5.33. The molecule has 114 valence electrons. The third-order valence-corrected chi connectivity index (χ3v) is 4.01. The van der Waals surface area contributed by atoms with Crippen LogP contribution < -0.4 is 0 Å². The fourth-order valence-corrected chi connectivity index (χ4v) is 2.81. The van der Waals surface area contributed by atoms with Crippen molar-refractivity contribution < 1.29 is 14.3 Å². The molecule has 0 N–H and O–H groups in total. The van der Waals surface area contributed by atoms with Crippen molar-refractivity contribution in [2.75, 3.05) is 0 Å². The number of fused-ring (bicyclic) bond motifs is 11. The highest BCUT2D eigenvalue weighted by Gasteiger charge is 2.20. The second-order valence-electron chi connectivity index (χ2n) is 5.83. The minimum atomic E-state index is -0.536. The second kappa shape index (κ2) is 7.96. The number of hydrogen-bond donors (Lipinski definition) is 0. The van der Waals surface area contributed by atoms with Crippen LogP contribution in [-0.4, -0.2) is 17.9 Å². The molecule has 1 aromatic rings. The van der Waals surface area contributed by atoms with E-state index in [2.05, 4.69) is 24.3 Å². The lowest BCUT2D eigenvalue weighted by molar-refractivity contribution is -0.153. The van der Waals surface area contributed by atoms with Crippen molar-refractivity contribution in [3.05, 3.63) is 35.4 Å². The van der Waals surface area contributed by atoms with Gasteiger partial charge < -0.3 is 4.74 Å². The van der Waals surface area contributed by atoms with Gasteiger partial charge in [-0.3, -0.25) is 9.59 Å². The normalized spacial score (nSPS) is 20.8. The fraction of sp³-hybridized carbons (Fsp3) is 0.556. The maximum atomic E-state index is 12.2. The minimum absolute atomic E-state index is 0.0798. The van der Waals surface area contributed by atoms with E-state index in [9.17, 15) is 9.59 Å². The lowest BCUT2D eigenvalue weighted by Crippen LogP contribution is -2.26. The Balaban J connectivity index is 2.00. The molecule has 1 aromatic carbocycles. The molecule has 21 heavy (non-hydrogen) atoms. The lowest BCUT2D eigenvalue weighted by Gasteiger charge is -2.16. The van der Waals surface area contributed by atoms with Crippen molar-refractivity contribution in [3.63, 3.8) is 0 Å². The number of hydrogen-bond acceptors (Lipinski definition) is 3. The van der Waals surface area contributed by atoms with Crippen LogP contribution in [0.1, 0.15) is 56.6 Å². The topological polar surface area (TPSA) is 43.4 Å². The lowest BCUT2D eigenvalue weighted by atomic mass is 9.97. The van der Waals surface area contributed by atoms with E-state index in [1.807, 2.05) is 0 Å². The van der Waals surface area contributed by atoms with Gasteiger partial charge >= 0.3 is 5.97 Å². The number of ketones is 1. The van der Waals surface area contributed by atoms with Gasteiger partial charge in [0.1, 0.15) is 0 Å². The van der Waals surface area contributed by atoms with Gasteiger partial charge in [0.15, 0.2) is 11.9 Å². The number of Topliss-reactive ketones (excluding diaryl/α,β-unsaturated/α-hetero) is 1. The Labute approximate surface area is 126 Å². The highest BCUT2D eigenvalue weighted by Crippen LogP contribution is 2.16. The van der Waals surface area contributed by atoms with E-state index in [0.29, 0.717) is 12.8 Å². The molecule has 0 radical (unpaired) electrons. The first-order valence-electron chi connectivity index (χ1n) is 7.93. The van der Waals surface area contributed by atoms with Crippen LogP contribution in [0.15, 0.2) is 24.3 Å². The molecule has 1 atom stereocenters. The summed E-state index contributed by atoms with van der Waals surface area (Å²) < 4.78 is 5.20. The van der Waals surface area contributed by atoms with Crippen molar-refractivity contribution in [2.45, 2.75) is 64.4 Å². The molecule has 0 aromatic heterocycles. The Bertz CT molecular complexity index is 476. The number of carbonyl (C=O) groups excluding carboxylic acids is 2. The summed E-state index contributed by atoms with van der Waals surface area (Å²) in [5.74, 6) is -0.277. The average Bonchev–Trinajstić information content (AvgIpc) is 2.47. The van der Waals surface area contributed by atoms with E-state index in [-0.39, 0.29) is 11.8 Å². The second-order valence-corrected chi connectivity index (χ2v) is 5.83. The number of ether oxygens (including phenoxy) is 1. The summed E-state index contributed by atoms with van der Waals surface area (Å²) in [6, 6.07) is 8.81. The van der Waals surface area contributed by atoms with Crippen LogP contribution in [0.3, 0.4) is 0 Å². The Kier molecular flexibility index (Phi) is 5.97. The molecule has 0 saturated heterocycles. The summed E-state index contributed by atoms with van der Waals surface area (Å²) in [5, 5.41) is 0. The molecule has 3 nitrogen and oxygen atoms in total. The molecule has 2 aliphatic rings. The number of rotatable bonds is 1. The molecule has 2 aliphatic carbocycles. The molecule has 2 bridgehead atoms. The quantitative estimate of drug-likeness (QED) is 0.741. The van der Waals surface area contributed by atoms with Gasteiger partial charge in [-0.2, -0.15) is 0 Å². The van der Waals surface area contributed by atoms with E-state index in [1.165, 1.54) is 18.1 Å². The zero-order valence-corrected chi connectivity index (χ0v) is 12.8. The first-order chi connectivity index (χ1) is 10.1. The van der Waals surface area contributed by atoms with Crippen molar-refractivity contribution in [3.8, 4) is 0 Å². The van der Waals surface area contributed by atoms with E-state index in [1.54, 1.807) is 0 Å². The minimum Gasteiger partial charge on any atom is -0.455 e. The molecule has 1 unspecified atom stereocenters. The van der Waals surface area contributed by atoms with Crippen LogP contribution in [0, 0.1) is 0 Å². The predicted octanol–water partition coefficient (Wildman–Crippen LogP) is 3.63. The van der Waals surface area contributed by atoms with Crippen LogP contribution in [0.2, 0.25) is 0 Å². The van der Waals surface area contributed by atoms with Gasteiger partial charge in [-0.1, -0.05) is 24.3 Å². The van der Waals surface area contributed by atoms with Gasteiger partial charge in [0.2, 0.25) is 0 Å². The first-order valence-corrected chi connectivity index (χ1v) is 7.93. The predicted molar refractivity (Wildman–Crippen MR) is 82.1 cm³/mol. The molecule has 0 spiro atoms. The maximum absolute atomic E-state index is 12.2. The van der Waals surface area contributed by atoms with Crippen LogP contribution in [0.4, 0.5) is 0 Å². The summed E-state index contributed by atoms with van der Waals surface area (Å²) in [5.41, 5.74) is 2.67. The number of esters is 1. The summed E-state index contributed by atoms with van der Waals surface area (Å²) in [6.07, 6.45) is 6.43. The van der Waals surface area contributed by atoms with Crippen molar-refractivity contribution in [1.82, 2.24) is 0 Å². The zero-order chi connectivity index (χ0) is 15.1. The number of benzene rings is 1. The smallest absolute Gasteiger partial charge is 0.303 e. The maximum Gasteiger partial charge on any atom is 0.303 e. The third-order valence-electron chi connectivity index (χ3n) is 4.01. The highest BCUT2D eigenvalue weighted by molar-refractivity contribution is 5.85. The summed E-state index contributed by atoms with van der Waals surface area (Å²) >= 11 is 0. The highest BCUT2D eigenvalue weighted by atomic mass is 16.5. The SMILES string of the molecule is CC(=O)OC1CCCCc2ccc(cc2)CCCCC1=O. The Morgan fingerprint density at radius 2 is 1.48 bits per heavy atom. The molecule has 0 aliphatic heterocycles. The summed E-state index contributed by atoms with van der Waals surface area (Å²) in [6.45, 7) is 1.37. The van der Waals surface area contributed by atoms with Gasteiger partial charge in [0, 0.05) is 13.3 Å². The molecular formula is C18H24O3. The van der Waals surface area contributed by atoms with Crippen LogP contribution in [-0.2, 0) is 27.2 Å². The molecule has 0 heterocycles. The Morgan fingerprint density at radius 1 is 0.952 bits per heavy atom. The van der Waals surface area contributed by atoms with E-state index in [4.69, 9.17) is 4.74 Å². The molecule has 3 heteroatoms. The van der Waals surface area contributed by atoms with E-state index >= 15 is 0 Å². The molecular weight excluding hydrogens is 264 g/mol. The van der Waals surface area contributed by atoms with Gasteiger partial charge in [-0.15, -0.1) is 0 Å². The number of aryl methyl sites for hydroxylation is 2. The monoisotopic (exact) mass is 288 g/mol. The van der Waals surface area contributed by atoms with Gasteiger partial charge in [-0.25, -0.2) is 0 Å². The Hall–Kier alpha value is -1.64. The summed E-state index contributed by atoms with van der Waals surface area (Å²) in [4.78, 5) is 23.3. The van der Waals surface area contributed by atoms with Gasteiger partial charge in [0.25, 0.3) is 0 Å². The average molecular weight is 288 g/mol. The first kappa shape index (κ1) is 15.7. The molecule has 0 saturated carbocycles. The van der Waals surface area contributed by atoms with Crippen molar-refractivity contribution in [2.24, 2.45) is 0 Å². The van der Waals surface area contributed by atoms with Gasteiger partial charge in [0.05, 0.1) is 0 Å². The van der Waals surface area contributed by atoms with E-state index < -0.39 is 6.10 Å². The van der Waals surface area contributed by atoms with E-state index in [0.717, 1.165) is 38.5 Å². The molecule has 0 amide bonds. The van der Waals surface area contributed by atoms with Crippen molar-refractivity contribution >= 4 is 11.8 Å². The van der Waals surface area contributed by atoms with Crippen LogP contribution in [0.25, 0.3) is 0 Å². The number of carbonyl (C=O) groups is 2. The summed E-state index contributed by atoms with van der Waals surface area (Å²) in [7, 11) is 0.